The van der Waals surface area contributed by atoms with E-state index in [9.17, 15) is 13.2 Å². The minimum atomic E-state index is -3.99. The van der Waals surface area contributed by atoms with Gasteiger partial charge in [-0.2, -0.15) is 0 Å². The number of hydrogen-bond donors (Lipinski definition) is 2. The highest BCUT2D eigenvalue weighted by atomic mass is 35.5. The van der Waals surface area contributed by atoms with Gasteiger partial charge in [0.05, 0.1) is 10.7 Å². The van der Waals surface area contributed by atoms with Crippen LogP contribution in [0.15, 0.2) is 59.5 Å². The zero-order chi connectivity index (χ0) is 22.1. The summed E-state index contributed by atoms with van der Waals surface area (Å²) in [5.41, 5.74) is 5.14. The first-order valence-electron chi connectivity index (χ1n) is 9.35. The van der Waals surface area contributed by atoms with E-state index in [1.54, 1.807) is 12.1 Å². The molecule has 30 heavy (non-hydrogen) atoms. The number of nitrogens with one attached hydrogen (secondary N) is 2. The summed E-state index contributed by atoms with van der Waals surface area (Å²) in [5.74, 6) is -0.414. The largest absolute Gasteiger partial charge is 0.322 e. The average molecular weight is 443 g/mol. The maximum atomic E-state index is 13.0. The Labute approximate surface area is 182 Å². The van der Waals surface area contributed by atoms with Crippen LogP contribution >= 0.6 is 11.6 Å². The lowest BCUT2D eigenvalue weighted by Crippen LogP contribution is -2.17. The molecule has 0 atom stereocenters. The second-order valence-corrected chi connectivity index (χ2v) is 9.33. The number of halogens is 1. The molecule has 0 bridgehead atoms. The van der Waals surface area contributed by atoms with E-state index in [1.165, 1.54) is 18.2 Å². The Morgan fingerprint density at radius 3 is 2.30 bits per heavy atom. The number of sulfonamides is 1. The molecule has 156 valence electrons. The zero-order valence-corrected chi connectivity index (χ0v) is 18.8. The van der Waals surface area contributed by atoms with Gasteiger partial charge >= 0.3 is 0 Å². The fraction of sp³-hybridized carbons (Fsp3) is 0.174. The highest BCUT2D eigenvalue weighted by molar-refractivity contribution is 7.92. The van der Waals surface area contributed by atoms with Gasteiger partial charge in [0.25, 0.3) is 15.9 Å². The van der Waals surface area contributed by atoms with Crippen molar-refractivity contribution in [3.05, 3.63) is 87.4 Å². The van der Waals surface area contributed by atoms with Gasteiger partial charge in [0.1, 0.15) is 4.90 Å². The summed E-state index contributed by atoms with van der Waals surface area (Å²) in [6.07, 6.45) is 0. The van der Waals surface area contributed by atoms with Crippen molar-refractivity contribution in [3.8, 4) is 0 Å². The van der Waals surface area contributed by atoms with Crippen LogP contribution in [0.2, 0.25) is 5.02 Å². The topological polar surface area (TPSA) is 75.3 Å². The Morgan fingerprint density at radius 2 is 1.60 bits per heavy atom. The molecule has 0 spiro atoms. The van der Waals surface area contributed by atoms with Gasteiger partial charge in [0.2, 0.25) is 0 Å². The molecule has 0 aliphatic carbocycles. The van der Waals surface area contributed by atoms with Crippen LogP contribution in [0.4, 0.5) is 11.4 Å². The first kappa shape index (κ1) is 21.9. The number of amides is 1. The summed E-state index contributed by atoms with van der Waals surface area (Å²) in [5, 5.41) is 2.87. The van der Waals surface area contributed by atoms with Crippen LogP contribution in [0.25, 0.3) is 0 Å². The molecule has 0 fully saturated rings. The number of hydrogen-bond acceptors (Lipinski definition) is 3. The van der Waals surface area contributed by atoms with E-state index < -0.39 is 15.9 Å². The minimum Gasteiger partial charge on any atom is -0.322 e. The summed E-state index contributed by atoms with van der Waals surface area (Å²) >= 11 is 6.17. The molecule has 3 aromatic rings. The van der Waals surface area contributed by atoms with Crippen LogP contribution in [-0.4, -0.2) is 14.3 Å². The molecule has 3 rings (SSSR count). The highest BCUT2D eigenvalue weighted by Crippen LogP contribution is 2.27. The third kappa shape index (κ3) is 4.66. The fourth-order valence-corrected chi connectivity index (χ4v) is 4.72. The summed E-state index contributed by atoms with van der Waals surface area (Å²) in [7, 11) is -3.99. The Bertz CT molecular complexity index is 1240. The number of rotatable bonds is 5. The van der Waals surface area contributed by atoms with Gasteiger partial charge in [0, 0.05) is 11.3 Å². The zero-order valence-electron chi connectivity index (χ0n) is 17.2. The summed E-state index contributed by atoms with van der Waals surface area (Å²) in [6, 6.07) is 15.2. The second-order valence-electron chi connectivity index (χ2n) is 7.27. The first-order valence-corrected chi connectivity index (χ1v) is 11.2. The third-order valence-electron chi connectivity index (χ3n) is 4.96. The quantitative estimate of drug-likeness (QED) is 0.537. The van der Waals surface area contributed by atoms with Crippen LogP contribution in [0, 0.1) is 27.7 Å². The molecule has 1 amide bonds. The number of benzene rings is 3. The van der Waals surface area contributed by atoms with E-state index in [0.717, 1.165) is 22.3 Å². The Kier molecular flexibility index (Phi) is 6.19. The number of carbonyl (C=O) groups excluding carboxylic acids is 1. The van der Waals surface area contributed by atoms with Crippen molar-refractivity contribution in [2.24, 2.45) is 0 Å². The van der Waals surface area contributed by atoms with Gasteiger partial charge in [0.15, 0.2) is 0 Å². The predicted molar refractivity (Wildman–Crippen MR) is 122 cm³/mol. The van der Waals surface area contributed by atoms with Gasteiger partial charge in [-0.05, 0) is 74.7 Å². The van der Waals surface area contributed by atoms with Crippen LogP contribution in [0.3, 0.4) is 0 Å². The van der Waals surface area contributed by atoms with Gasteiger partial charge in [-0.1, -0.05) is 41.4 Å². The predicted octanol–water partition coefficient (Wildman–Crippen LogP) is 5.63. The van der Waals surface area contributed by atoms with Gasteiger partial charge in [-0.3, -0.25) is 9.52 Å². The van der Waals surface area contributed by atoms with E-state index in [0.29, 0.717) is 11.4 Å². The van der Waals surface area contributed by atoms with E-state index in [2.05, 4.69) is 10.0 Å². The van der Waals surface area contributed by atoms with Crippen molar-refractivity contribution in [1.82, 2.24) is 0 Å². The normalized spacial score (nSPS) is 11.2. The van der Waals surface area contributed by atoms with E-state index >= 15 is 0 Å². The lowest BCUT2D eigenvalue weighted by atomic mass is 10.1. The van der Waals surface area contributed by atoms with Crippen molar-refractivity contribution < 1.29 is 13.2 Å². The number of aryl methyl sites for hydroxylation is 3. The van der Waals surface area contributed by atoms with Gasteiger partial charge in [-0.25, -0.2) is 8.42 Å². The Morgan fingerprint density at radius 1 is 0.867 bits per heavy atom. The molecule has 3 aromatic carbocycles. The first-order chi connectivity index (χ1) is 14.1. The molecule has 0 radical (unpaired) electrons. The van der Waals surface area contributed by atoms with Crippen molar-refractivity contribution in [2.75, 3.05) is 10.0 Å². The summed E-state index contributed by atoms with van der Waals surface area (Å²) < 4.78 is 28.5. The van der Waals surface area contributed by atoms with Crippen LogP contribution in [0.5, 0.6) is 0 Å². The highest BCUT2D eigenvalue weighted by Gasteiger charge is 2.21. The molecule has 0 aromatic heterocycles. The molecule has 0 unspecified atom stereocenters. The molecule has 2 N–H and O–H groups in total. The van der Waals surface area contributed by atoms with Gasteiger partial charge < -0.3 is 5.32 Å². The van der Waals surface area contributed by atoms with E-state index in [4.69, 9.17) is 11.6 Å². The van der Waals surface area contributed by atoms with Gasteiger partial charge in [-0.15, -0.1) is 0 Å². The van der Waals surface area contributed by atoms with Crippen LogP contribution in [-0.2, 0) is 10.0 Å². The van der Waals surface area contributed by atoms with Crippen LogP contribution in [0.1, 0.15) is 32.6 Å². The lowest BCUT2D eigenvalue weighted by molar-refractivity contribution is 0.102. The minimum absolute atomic E-state index is 0.0375. The molecule has 0 saturated carbocycles. The summed E-state index contributed by atoms with van der Waals surface area (Å²) in [4.78, 5) is 12.6. The fourth-order valence-electron chi connectivity index (χ4n) is 3.06. The Hall–Kier alpha value is -2.83. The van der Waals surface area contributed by atoms with Crippen LogP contribution < -0.4 is 10.0 Å². The smallest absolute Gasteiger partial charge is 0.263 e. The second kappa shape index (κ2) is 8.50. The van der Waals surface area contributed by atoms with Crippen molar-refractivity contribution in [2.45, 2.75) is 32.6 Å². The van der Waals surface area contributed by atoms with Crippen molar-refractivity contribution in [3.63, 3.8) is 0 Å². The number of anilines is 2. The average Bonchev–Trinajstić information content (AvgIpc) is 2.68. The molecular weight excluding hydrogens is 420 g/mol. The molecule has 7 heteroatoms. The standard InChI is InChI=1S/C23H23ClN2O3S/c1-14-8-11-20(16(3)12-14)26-30(28,29)22-13-18(9-10-19(22)24)23(27)25-21-7-5-6-15(2)17(21)4/h5-13,26H,1-4H3,(H,25,27). The lowest BCUT2D eigenvalue weighted by Gasteiger charge is -2.14. The molecule has 0 heterocycles. The maximum Gasteiger partial charge on any atom is 0.263 e. The molecule has 0 aliphatic heterocycles. The molecule has 0 aliphatic rings. The Balaban J connectivity index is 1.92. The third-order valence-corrected chi connectivity index (χ3v) is 6.81. The molecule has 5 nitrogen and oxygen atoms in total. The molecule has 0 saturated heterocycles. The van der Waals surface area contributed by atoms with E-state index in [1.807, 2.05) is 52.0 Å². The number of carbonyl (C=O) groups is 1. The maximum absolute atomic E-state index is 13.0. The summed E-state index contributed by atoms with van der Waals surface area (Å²) in [6.45, 7) is 7.62. The monoisotopic (exact) mass is 442 g/mol. The van der Waals surface area contributed by atoms with Crippen molar-refractivity contribution >= 4 is 38.9 Å². The SMILES string of the molecule is Cc1ccc(NS(=O)(=O)c2cc(C(=O)Nc3cccc(C)c3C)ccc2Cl)c(C)c1. The van der Waals surface area contributed by atoms with E-state index in [-0.39, 0.29) is 15.5 Å². The molecular formula is C23H23ClN2O3S. The van der Waals surface area contributed by atoms with Crippen molar-refractivity contribution in [1.29, 1.82) is 0 Å².